The van der Waals surface area contributed by atoms with Crippen LogP contribution in [0.1, 0.15) is 246 Å². The molecule has 3 heteroatoms. The summed E-state index contributed by atoms with van der Waals surface area (Å²) in [4.78, 5) is 19.4. The average molecular weight is 729 g/mol. The molecule has 0 aliphatic carbocycles. The lowest BCUT2D eigenvalue weighted by atomic mass is 9.91. The highest BCUT2D eigenvalue weighted by atomic mass is 16.2. The molecule has 0 saturated heterocycles. The number of rotatable bonds is 41. The van der Waals surface area contributed by atoms with E-state index in [0.29, 0.717) is 11.9 Å². The Morgan fingerprint density at radius 1 is 0.423 bits per heavy atom. The fraction of sp³-hybridized carbons (Fsp3) is 0.898. The first-order valence-electron chi connectivity index (χ1n) is 23.8. The van der Waals surface area contributed by atoms with E-state index in [4.69, 9.17) is 0 Å². The Morgan fingerprint density at radius 2 is 0.788 bits per heavy atom. The Bertz CT molecular complexity index is 773. The van der Waals surface area contributed by atoms with E-state index in [1.165, 1.54) is 193 Å². The quantitative estimate of drug-likeness (QED) is 0.0462. The Hall–Kier alpha value is -1.09. The zero-order valence-corrected chi connectivity index (χ0v) is 36.7. The monoisotopic (exact) mass is 729 g/mol. The first-order valence-corrected chi connectivity index (χ1v) is 23.8. The molecule has 0 bridgehead atoms. The Balaban J connectivity index is 5.28. The summed E-state index contributed by atoms with van der Waals surface area (Å²) in [5, 5.41) is 0. The predicted molar refractivity (Wildman–Crippen MR) is 235 cm³/mol. The molecule has 2 atom stereocenters. The lowest BCUT2D eigenvalue weighted by Crippen LogP contribution is -2.45. The molecule has 308 valence electrons. The van der Waals surface area contributed by atoms with E-state index in [1.807, 2.05) is 0 Å². The highest BCUT2D eigenvalue weighted by molar-refractivity contribution is 5.79. The summed E-state index contributed by atoms with van der Waals surface area (Å²) in [5.41, 5.74) is 0. The van der Waals surface area contributed by atoms with Gasteiger partial charge >= 0.3 is 0 Å². The molecule has 0 aromatic heterocycles. The lowest BCUT2D eigenvalue weighted by Gasteiger charge is -2.36. The maximum Gasteiger partial charge on any atom is 0.225 e. The van der Waals surface area contributed by atoms with Crippen molar-refractivity contribution < 1.29 is 4.79 Å². The average Bonchev–Trinajstić information content (AvgIpc) is 3.14. The van der Waals surface area contributed by atoms with Gasteiger partial charge in [0.2, 0.25) is 5.91 Å². The molecule has 52 heavy (non-hydrogen) atoms. The molecule has 0 N–H and O–H groups in total. The van der Waals surface area contributed by atoms with Crippen molar-refractivity contribution in [2.75, 3.05) is 27.2 Å². The predicted octanol–water partition coefficient (Wildman–Crippen LogP) is 15.8. The normalized spacial score (nSPS) is 13.2. The molecule has 0 aliphatic heterocycles. The van der Waals surface area contributed by atoms with Gasteiger partial charge in [-0.15, -0.1) is 0 Å². The Labute approximate surface area is 329 Å². The van der Waals surface area contributed by atoms with Gasteiger partial charge in [-0.05, 0) is 84.8 Å². The molecular weight excluding hydrogens is 633 g/mol. The van der Waals surface area contributed by atoms with Gasteiger partial charge in [0.15, 0.2) is 0 Å². The van der Waals surface area contributed by atoms with Crippen LogP contribution in [-0.2, 0) is 4.79 Å². The largest absolute Gasteiger partial charge is 0.339 e. The van der Waals surface area contributed by atoms with Gasteiger partial charge in [0.05, 0.1) is 0 Å². The summed E-state index contributed by atoms with van der Waals surface area (Å²) < 4.78 is 0. The molecule has 1 amide bonds. The van der Waals surface area contributed by atoms with Gasteiger partial charge < -0.3 is 9.80 Å². The summed E-state index contributed by atoms with van der Waals surface area (Å²) in [5.74, 6) is 0.756. The van der Waals surface area contributed by atoms with E-state index in [1.54, 1.807) is 0 Å². The van der Waals surface area contributed by atoms with Crippen molar-refractivity contribution in [3.05, 3.63) is 24.3 Å². The van der Waals surface area contributed by atoms with E-state index in [-0.39, 0.29) is 5.92 Å². The number of amides is 1. The van der Waals surface area contributed by atoms with Crippen LogP contribution in [-0.4, -0.2) is 48.9 Å². The molecule has 0 aliphatic rings. The maximum atomic E-state index is 14.7. The van der Waals surface area contributed by atoms with Crippen molar-refractivity contribution in [1.29, 1.82) is 0 Å². The number of hydrogen-bond acceptors (Lipinski definition) is 2. The van der Waals surface area contributed by atoms with E-state index in [9.17, 15) is 4.79 Å². The molecule has 3 nitrogen and oxygen atoms in total. The van der Waals surface area contributed by atoms with Crippen LogP contribution >= 0.6 is 0 Å². The molecule has 0 radical (unpaired) electrons. The summed E-state index contributed by atoms with van der Waals surface area (Å²) in [7, 11) is 4.36. The minimum atomic E-state index is 0.231. The molecule has 0 aromatic carbocycles. The second-order valence-corrected chi connectivity index (χ2v) is 16.7. The van der Waals surface area contributed by atoms with Gasteiger partial charge in [-0.1, -0.05) is 206 Å². The maximum absolute atomic E-state index is 14.7. The summed E-state index contributed by atoms with van der Waals surface area (Å²) in [6, 6.07) is 0.429. The smallest absolute Gasteiger partial charge is 0.225 e. The third-order valence-corrected chi connectivity index (χ3v) is 11.3. The van der Waals surface area contributed by atoms with Gasteiger partial charge in [-0.3, -0.25) is 4.79 Å². The zero-order valence-electron chi connectivity index (χ0n) is 36.7. The van der Waals surface area contributed by atoms with Crippen LogP contribution in [0.5, 0.6) is 0 Å². The summed E-state index contributed by atoms with van der Waals surface area (Å²) in [6.45, 7) is 11.2. The van der Waals surface area contributed by atoms with Crippen molar-refractivity contribution >= 4 is 5.91 Å². The number of carbonyl (C=O) groups is 1. The van der Waals surface area contributed by atoms with Crippen molar-refractivity contribution in [2.24, 2.45) is 5.92 Å². The van der Waals surface area contributed by atoms with E-state index < -0.39 is 0 Å². The molecule has 0 heterocycles. The molecule has 0 rings (SSSR count). The van der Waals surface area contributed by atoms with E-state index >= 15 is 0 Å². The van der Waals surface area contributed by atoms with Crippen molar-refractivity contribution in [3.8, 4) is 0 Å². The van der Waals surface area contributed by atoms with Crippen LogP contribution in [0.3, 0.4) is 0 Å². The first kappa shape index (κ1) is 50.9. The van der Waals surface area contributed by atoms with Crippen LogP contribution in [0.4, 0.5) is 0 Å². The summed E-state index contributed by atoms with van der Waals surface area (Å²) in [6.07, 6.45) is 53.1. The van der Waals surface area contributed by atoms with Crippen molar-refractivity contribution in [2.45, 2.75) is 252 Å². The second kappa shape index (κ2) is 41.1. The lowest BCUT2D eigenvalue weighted by molar-refractivity contribution is -0.139. The van der Waals surface area contributed by atoms with Gasteiger partial charge in [0.25, 0.3) is 0 Å². The fourth-order valence-corrected chi connectivity index (χ4v) is 7.81. The topological polar surface area (TPSA) is 23.6 Å². The van der Waals surface area contributed by atoms with E-state index in [2.05, 4.69) is 75.9 Å². The van der Waals surface area contributed by atoms with Crippen LogP contribution in [0.25, 0.3) is 0 Å². The Kier molecular flexibility index (Phi) is 40.2. The number of hydrogen-bond donors (Lipinski definition) is 0. The van der Waals surface area contributed by atoms with Crippen molar-refractivity contribution in [3.63, 3.8) is 0 Å². The standard InChI is InChI=1S/C49H96N2O/c1-7-11-15-19-22-23-24-25-26-27-28-29-30-32-35-39-44-48(43-38-34-31-20-16-12-8-2)51(46-40-45-50(5)6)49(52)47(41-36-18-14-10-4)42-37-33-21-17-13-9-3/h22-23,25-26,47-48H,7-21,24,27-46H2,1-6H3/b23-22-,26-25-. The fourth-order valence-electron chi connectivity index (χ4n) is 7.81. The second-order valence-electron chi connectivity index (χ2n) is 16.7. The SMILES string of the molecule is CCCCC/C=C\C/C=C\CCCCCCCCC(CCCCCCCCC)N(CCCN(C)C)C(=O)C(CCCCCC)CCCCCCCC. The third kappa shape index (κ3) is 33.5. The Morgan fingerprint density at radius 3 is 1.25 bits per heavy atom. The molecule has 0 fully saturated rings. The van der Waals surface area contributed by atoms with Crippen LogP contribution in [0.2, 0.25) is 0 Å². The van der Waals surface area contributed by atoms with Gasteiger partial charge in [-0.2, -0.15) is 0 Å². The molecule has 0 spiro atoms. The van der Waals surface area contributed by atoms with Gasteiger partial charge in [0, 0.05) is 18.5 Å². The summed E-state index contributed by atoms with van der Waals surface area (Å²) >= 11 is 0. The van der Waals surface area contributed by atoms with Crippen LogP contribution in [0, 0.1) is 5.92 Å². The highest BCUT2D eigenvalue weighted by Gasteiger charge is 2.29. The van der Waals surface area contributed by atoms with Crippen LogP contribution in [0.15, 0.2) is 24.3 Å². The molecular formula is C49H96N2O. The molecule has 2 unspecified atom stereocenters. The minimum Gasteiger partial charge on any atom is -0.339 e. The number of unbranched alkanes of at least 4 members (excludes halogenated alkanes) is 23. The zero-order chi connectivity index (χ0) is 38.2. The first-order chi connectivity index (χ1) is 25.5. The van der Waals surface area contributed by atoms with Crippen molar-refractivity contribution in [1.82, 2.24) is 9.80 Å². The third-order valence-electron chi connectivity index (χ3n) is 11.3. The number of nitrogens with zero attached hydrogens (tertiary/aromatic N) is 2. The minimum absolute atomic E-state index is 0.231. The molecule has 0 saturated carbocycles. The van der Waals surface area contributed by atoms with Crippen LogP contribution < -0.4 is 0 Å². The number of allylic oxidation sites excluding steroid dienone is 4. The number of carbonyl (C=O) groups excluding carboxylic acids is 1. The van der Waals surface area contributed by atoms with E-state index in [0.717, 1.165) is 38.8 Å². The van der Waals surface area contributed by atoms with Gasteiger partial charge in [0.1, 0.15) is 0 Å². The van der Waals surface area contributed by atoms with Gasteiger partial charge in [-0.25, -0.2) is 0 Å². The molecule has 0 aromatic rings. The highest BCUT2D eigenvalue weighted by Crippen LogP contribution is 2.26.